The Hall–Kier alpha value is -3.96. The lowest BCUT2D eigenvalue weighted by Crippen LogP contribution is -2.44. The van der Waals surface area contributed by atoms with Gasteiger partial charge < -0.3 is 14.2 Å². The Morgan fingerprint density at radius 1 is 0.905 bits per heavy atom. The number of thioether (sulfide) groups is 1. The van der Waals surface area contributed by atoms with Crippen LogP contribution in [0, 0.1) is 6.92 Å². The maximum Gasteiger partial charge on any atom is 0.264 e. The van der Waals surface area contributed by atoms with E-state index in [-0.39, 0.29) is 17.3 Å². The highest BCUT2D eigenvalue weighted by molar-refractivity contribution is 8.14. The SMILES string of the molecule is COc1ccc(C2C3=C(N=C4SCCC(=O)N42)c2cc(OC)c(OC)cc2N(S(=O)(=O)c2ccc(C)cc2)CC3)cc1. The summed E-state index contributed by atoms with van der Waals surface area (Å²) in [5.41, 5.74) is 4.39. The van der Waals surface area contributed by atoms with Crippen LogP contribution in [0.3, 0.4) is 0 Å². The molecule has 42 heavy (non-hydrogen) atoms. The molecule has 6 rings (SSSR count). The zero-order chi connectivity index (χ0) is 29.6. The minimum absolute atomic E-state index is 0.0132. The standard InChI is InChI=1S/C31H31N3O6S2/c1-19-5-11-22(12-6-19)42(36,37)33-15-13-23-29(24-17-26(39-3)27(40-4)18-25(24)33)32-31-34(28(35)14-16-41-31)30(23)20-7-9-21(38-2)10-8-20/h5-12,17-18,30H,13-16H2,1-4H3. The zero-order valence-corrected chi connectivity index (χ0v) is 25.4. The van der Waals surface area contributed by atoms with Crippen molar-refractivity contribution in [3.8, 4) is 17.2 Å². The Morgan fingerprint density at radius 2 is 1.60 bits per heavy atom. The van der Waals surface area contributed by atoms with E-state index in [1.165, 1.54) is 23.2 Å². The molecule has 0 aromatic heterocycles. The third kappa shape index (κ3) is 4.70. The average molecular weight is 606 g/mol. The lowest BCUT2D eigenvalue weighted by Gasteiger charge is -2.40. The lowest BCUT2D eigenvalue weighted by molar-refractivity contribution is -0.128. The summed E-state index contributed by atoms with van der Waals surface area (Å²) < 4.78 is 46.5. The van der Waals surface area contributed by atoms with E-state index in [0.717, 1.165) is 16.7 Å². The molecular weight excluding hydrogens is 574 g/mol. The van der Waals surface area contributed by atoms with E-state index >= 15 is 0 Å². The Kier molecular flexibility index (Phi) is 7.40. The van der Waals surface area contributed by atoms with Crippen LogP contribution >= 0.6 is 11.8 Å². The van der Waals surface area contributed by atoms with Crippen LogP contribution in [0.5, 0.6) is 17.2 Å². The summed E-state index contributed by atoms with van der Waals surface area (Å²) >= 11 is 1.52. The first-order valence-corrected chi connectivity index (χ1v) is 16.0. The Bertz CT molecular complexity index is 1720. The van der Waals surface area contributed by atoms with Crippen molar-refractivity contribution in [2.75, 3.05) is 37.9 Å². The largest absolute Gasteiger partial charge is 0.497 e. The van der Waals surface area contributed by atoms with E-state index in [1.54, 1.807) is 55.5 Å². The molecule has 9 nitrogen and oxygen atoms in total. The molecule has 0 aliphatic carbocycles. The van der Waals surface area contributed by atoms with Crippen LogP contribution in [0.1, 0.15) is 35.6 Å². The van der Waals surface area contributed by atoms with E-state index < -0.39 is 16.1 Å². The first-order chi connectivity index (χ1) is 20.3. The number of carbonyl (C=O) groups is 1. The predicted octanol–water partition coefficient (Wildman–Crippen LogP) is 5.41. The molecule has 3 aliphatic rings. The number of aliphatic imine (C=N–C) groups is 1. The van der Waals surface area contributed by atoms with E-state index in [9.17, 15) is 13.2 Å². The summed E-state index contributed by atoms with van der Waals surface area (Å²) in [4.78, 5) is 20.4. The summed E-state index contributed by atoms with van der Waals surface area (Å²) in [5.74, 6) is 2.17. The number of hydrogen-bond acceptors (Lipinski definition) is 8. The number of rotatable bonds is 6. The highest BCUT2D eigenvalue weighted by Gasteiger charge is 2.42. The Morgan fingerprint density at radius 3 is 2.26 bits per heavy atom. The van der Waals surface area contributed by atoms with Crippen LogP contribution in [-0.2, 0) is 14.8 Å². The fraction of sp³-hybridized carbons (Fsp3) is 0.290. The number of sulfonamides is 1. The number of anilines is 1. The van der Waals surface area contributed by atoms with Crippen molar-refractivity contribution >= 4 is 44.2 Å². The first kappa shape index (κ1) is 28.2. The lowest BCUT2D eigenvalue weighted by atomic mass is 9.90. The van der Waals surface area contributed by atoms with E-state index in [4.69, 9.17) is 19.2 Å². The number of amides is 1. The van der Waals surface area contributed by atoms with E-state index in [1.807, 2.05) is 31.2 Å². The first-order valence-electron chi connectivity index (χ1n) is 13.5. The number of amidine groups is 1. The molecule has 11 heteroatoms. The molecule has 3 aromatic carbocycles. The molecule has 3 aliphatic heterocycles. The molecule has 0 radical (unpaired) electrons. The highest BCUT2D eigenvalue weighted by Crippen LogP contribution is 2.50. The van der Waals surface area contributed by atoms with Crippen LogP contribution in [-0.4, -0.2) is 58.0 Å². The summed E-state index contributed by atoms with van der Waals surface area (Å²) in [5, 5.41) is 0.599. The van der Waals surface area contributed by atoms with Gasteiger partial charge >= 0.3 is 0 Å². The third-order valence-corrected chi connectivity index (χ3v) is 10.6. The van der Waals surface area contributed by atoms with Gasteiger partial charge in [-0.3, -0.25) is 14.0 Å². The minimum Gasteiger partial charge on any atom is -0.497 e. The average Bonchev–Trinajstić information content (AvgIpc) is 3.16. The molecular formula is C31H31N3O6S2. The molecule has 0 saturated carbocycles. The molecule has 0 spiro atoms. The van der Waals surface area contributed by atoms with Gasteiger partial charge in [0.1, 0.15) is 5.75 Å². The second kappa shape index (κ2) is 11.0. The zero-order valence-electron chi connectivity index (χ0n) is 23.8. The fourth-order valence-electron chi connectivity index (χ4n) is 5.64. The van der Waals surface area contributed by atoms with E-state index in [2.05, 4.69) is 0 Å². The quantitative estimate of drug-likeness (QED) is 0.371. The molecule has 3 heterocycles. The Labute approximate surface area is 249 Å². The molecule has 1 atom stereocenters. The summed E-state index contributed by atoms with van der Waals surface area (Å²) in [6, 6.07) is 17.5. The van der Waals surface area contributed by atoms with Crippen molar-refractivity contribution in [1.29, 1.82) is 0 Å². The van der Waals surface area contributed by atoms with Crippen molar-refractivity contribution in [2.45, 2.75) is 30.7 Å². The van der Waals surface area contributed by atoms with Crippen LogP contribution in [0.15, 0.2) is 76.1 Å². The molecule has 0 bridgehead atoms. The molecule has 1 amide bonds. The minimum atomic E-state index is -3.97. The van der Waals surface area contributed by atoms with Gasteiger partial charge in [0, 0.05) is 30.3 Å². The van der Waals surface area contributed by atoms with Gasteiger partial charge in [-0.2, -0.15) is 0 Å². The second-order valence-corrected chi connectivity index (χ2v) is 13.1. The van der Waals surface area contributed by atoms with E-state index in [0.29, 0.717) is 58.0 Å². The maximum atomic E-state index is 14.2. The van der Waals surface area contributed by atoms with Crippen molar-refractivity contribution in [3.05, 3.63) is 82.9 Å². The van der Waals surface area contributed by atoms with Crippen LogP contribution in [0.2, 0.25) is 0 Å². The van der Waals surface area contributed by atoms with Crippen molar-refractivity contribution in [3.63, 3.8) is 0 Å². The van der Waals surface area contributed by atoms with Crippen molar-refractivity contribution < 1.29 is 27.4 Å². The van der Waals surface area contributed by atoms with Gasteiger partial charge in [0.25, 0.3) is 10.0 Å². The fourth-order valence-corrected chi connectivity index (χ4v) is 8.08. The molecule has 3 aromatic rings. The van der Waals surface area contributed by atoms with Gasteiger partial charge in [-0.1, -0.05) is 41.6 Å². The number of fused-ring (bicyclic) bond motifs is 3. The van der Waals surface area contributed by atoms with Gasteiger partial charge in [-0.05, 0) is 54.8 Å². The molecule has 218 valence electrons. The molecule has 1 fully saturated rings. The van der Waals surface area contributed by atoms with Gasteiger partial charge in [0.15, 0.2) is 16.7 Å². The normalized spacial score (nSPS) is 18.4. The van der Waals surface area contributed by atoms with Gasteiger partial charge in [-0.15, -0.1) is 0 Å². The number of aryl methyl sites for hydroxylation is 1. The van der Waals surface area contributed by atoms with Gasteiger partial charge in [-0.25, -0.2) is 13.4 Å². The highest BCUT2D eigenvalue weighted by atomic mass is 32.2. The summed E-state index contributed by atoms with van der Waals surface area (Å²) in [6.07, 6.45) is 0.746. The van der Waals surface area contributed by atoms with Crippen LogP contribution in [0.4, 0.5) is 5.69 Å². The number of ether oxygens (including phenoxy) is 3. The number of benzene rings is 3. The number of nitrogens with zero attached hydrogens (tertiary/aromatic N) is 3. The van der Waals surface area contributed by atoms with Crippen LogP contribution < -0.4 is 18.5 Å². The van der Waals surface area contributed by atoms with Crippen LogP contribution in [0.25, 0.3) is 5.70 Å². The Balaban J connectivity index is 1.59. The molecule has 1 unspecified atom stereocenters. The number of methoxy groups -OCH3 is 3. The van der Waals surface area contributed by atoms with Gasteiger partial charge in [0.05, 0.1) is 43.7 Å². The predicted molar refractivity (Wildman–Crippen MR) is 164 cm³/mol. The van der Waals surface area contributed by atoms with Crippen molar-refractivity contribution in [1.82, 2.24) is 4.90 Å². The van der Waals surface area contributed by atoms with Gasteiger partial charge in [0.2, 0.25) is 5.91 Å². The number of carbonyl (C=O) groups excluding carboxylic acids is 1. The van der Waals surface area contributed by atoms with Crippen molar-refractivity contribution in [2.24, 2.45) is 4.99 Å². The monoisotopic (exact) mass is 605 g/mol. The molecule has 1 saturated heterocycles. The summed E-state index contributed by atoms with van der Waals surface area (Å²) in [6.45, 7) is 2.06. The molecule has 0 N–H and O–H groups in total. The second-order valence-electron chi connectivity index (χ2n) is 10.2. The smallest absolute Gasteiger partial charge is 0.264 e. The summed E-state index contributed by atoms with van der Waals surface area (Å²) in [7, 11) is 0.703. The topological polar surface area (TPSA) is 97.7 Å². The third-order valence-electron chi connectivity index (χ3n) is 7.77. The number of hydrogen-bond donors (Lipinski definition) is 0. The maximum absolute atomic E-state index is 14.2.